The van der Waals surface area contributed by atoms with Crippen molar-refractivity contribution in [2.75, 3.05) is 39.8 Å². The highest BCUT2D eigenvalue weighted by atomic mass is 32.2. The minimum absolute atomic E-state index is 0.0724. The van der Waals surface area contributed by atoms with Gasteiger partial charge >= 0.3 is 0 Å². The number of carbonyl (C=O) groups excluding carboxylic acids is 1. The number of quaternary nitrogens is 1. The fourth-order valence-corrected chi connectivity index (χ4v) is 6.09. The Balaban J connectivity index is 1.59. The van der Waals surface area contributed by atoms with Gasteiger partial charge in [-0.15, -0.1) is 0 Å². The van der Waals surface area contributed by atoms with Crippen molar-refractivity contribution in [2.45, 2.75) is 32.2 Å². The molecule has 2 aromatic carbocycles. The first-order chi connectivity index (χ1) is 14.2. The second kappa shape index (κ2) is 9.29. The molecule has 1 saturated heterocycles. The van der Waals surface area contributed by atoms with Gasteiger partial charge in [-0.1, -0.05) is 48.0 Å². The first-order valence-corrected chi connectivity index (χ1v) is 11.8. The van der Waals surface area contributed by atoms with Gasteiger partial charge in [0.05, 0.1) is 11.9 Å². The second-order valence-corrected chi connectivity index (χ2v) is 10.2. The molecule has 1 amide bonds. The predicted molar refractivity (Wildman–Crippen MR) is 118 cm³/mol. The molecule has 1 aliphatic heterocycles. The fraction of sp³-hybridized carbons (Fsp3) is 0.435. The van der Waals surface area contributed by atoms with Gasteiger partial charge in [0.1, 0.15) is 6.54 Å². The monoisotopic (exact) mass is 430 g/mol. The molecule has 162 valence electrons. The van der Waals surface area contributed by atoms with Gasteiger partial charge < -0.3 is 9.80 Å². The molecule has 1 atom stereocenters. The fourth-order valence-electron chi connectivity index (χ4n) is 4.26. The highest BCUT2D eigenvalue weighted by Gasteiger charge is 2.32. The maximum Gasteiger partial charge on any atom is 0.277 e. The number of amides is 1. The Bertz CT molecular complexity index is 975. The molecule has 7 heteroatoms. The van der Waals surface area contributed by atoms with E-state index in [1.165, 1.54) is 9.87 Å². The van der Waals surface area contributed by atoms with Crippen LogP contribution in [0.1, 0.15) is 22.3 Å². The summed E-state index contributed by atoms with van der Waals surface area (Å²) in [6.45, 7) is 8.37. The van der Waals surface area contributed by atoms with Crippen molar-refractivity contribution in [2.24, 2.45) is 0 Å². The van der Waals surface area contributed by atoms with Gasteiger partial charge in [0.25, 0.3) is 5.91 Å². The molecule has 0 spiro atoms. The van der Waals surface area contributed by atoms with Crippen LogP contribution in [0, 0.1) is 20.8 Å². The van der Waals surface area contributed by atoms with E-state index in [1.807, 2.05) is 58.2 Å². The number of nitrogens with one attached hydrogen (secondary N) is 1. The summed E-state index contributed by atoms with van der Waals surface area (Å²) < 4.78 is 27.9. The van der Waals surface area contributed by atoms with Gasteiger partial charge in [-0.3, -0.25) is 4.79 Å². The molecule has 6 nitrogen and oxygen atoms in total. The molecule has 0 bridgehead atoms. The van der Waals surface area contributed by atoms with Gasteiger partial charge in [0, 0.05) is 31.7 Å². The first-order valence-electron chi connectivity index (χ1n) is 10.4. The zero-order valence-corrected chi connectivity index (χ0v) is 19.1. The van der Waals surface area contributed by atoms with E-state index in [1.54, 1.807) is 4.90 Å². The Morgan fingerprint density at radius 2 is 1.53 bits per heavy atom. The Hall–Kier alpha value is -2.22. The number of rotatable bonds is 6. The molecule has 0 aromatic heterocycles. The molecule has 3 rings (SSSR count). The summed E-state index contributed by atoms with van der Waals surface area (Å²) in [7, 11) is -1.55. The van der Waals surface area contributed by atoms with Crippen molar-refractivity contribution in [3.8, 4) is 0 Å². The molecular formula is C23H32N3O3S+. The number of benzene rings is 2. The Kier molecular flexibility index (Phi) is 6.95. The second-order valence-electron chi connectivity index (χ2n) is 8.31. The van der Waals surface area contributed by atoms with Crippen molar-refractivity contribution in [3.05, 3.63) is 64.7 Å². The molecule has 1 aliphatic rings. The number of carbonyl (C=O) groups is 1. The summed E-state index contributed by atoms with van der Waals surface area (Å²) in [5, 5.41) is 0. The van der Waals surface area contributed by atoms with Gasteiger partial charge in [-0.25, -0.2) is 8.42 Å². The Morgan fingerprint density at radius 3 is 2.10 bits per heavy atom. The molecule has 0 radical (unpaired) electrons. The quantitative estimate of drug-likeness (QED) is 0.748. The van der Waals surface area contributed by atoms with Gasteiger partial charge in [0.15, 0.2) is 6.54 Å². The SMILES string of the molecule is Cc1cc(C)c(S(=O)(=O)N2CCN(C(=O)C[NH+](C)Cc3ccccc3)CC2)c(C)c1. The standard InChI is InChI=1S/C23H31N3O3S/c1-18-14-19(2)23(20(3)15-18)30(28,29)26-12-10-25(11-13-26)22(27)17-24(4)16-21-8-6-5-7-9-21/h5-9,14-15H,10-13,16-17H2,1-4H3/p+1. The van der Waals surface area contributed by atoms with Crippen molar-refractivity contribution < 1.29 is 18.1 Å². The predicted octanol–water partition coefficient (Wildman–Crippen LogP) is 1.16. The van der Waals surface area contributed by atoms with Crippen LogP contribution in [0.5, 0.6) is 0 Å². The summed E-state index contributed by atoms with van der Waals surface area (Å²) in [4.78, 5) is 16.0. The normalized spacial score (nSPS) is 16.5. The minimum Gasteiger partial charge on any atom is -0.335 e. The largest absolute Gasteiger partial charge is 0.335 e. The summed E-state index contributed by atoms with van der Waals surface area (Å²) in [5.74, 6) is 0.0724. The number of piperazine rings is 1. The van der Waals surface area contributed by atoms with Crippen LogP contribution in [0.3, 0.4) is 0 Å². The zero-order valence-electron chi connectivity index (χ0n) is 18.3. The molecule has 30 heavy (non-hydrogen) atoms. The van der Waals surface area contributed by atoms with Crippen LogP contribution in [0.15, 0.2) is 47.4 Å². The third kappa shape index (κ3) is 5.09. The van der Waals surface area contributed by atoms with Gasteiger partial charge in [-0.05, 0) is 31.9 Å². The number of likely N-dealkylation sites (N-methyl/N-ethyl adjacent to an activating group) is 1. The molecule has 1 heterocycles. The zero-order chi connectivity index (χ0) is 21.9. The van der Waals surface area contributed by atoms with Crippen LogP contribution < -0.4 is 4.90 Å². The number of hydrogen-bond acceptors (Lipinski definition) is 3. The molecule has 1 fully saturated rings. The first kappa shape index (κ1) is 22.5. The summed E-state index contributed by atoms with van der Waals surface area (Å²) >= 11 is 0. The van der Waals surface area contributed by atoms with Crippen molar-refractivity contribution in [3.63, 3.8) is 0 Å². The number of hydrogen-bond donors (Lipinski definition) is 1. The number of sulfonamides is 1. The summed E-state index contributed by atoms with van der Waals surface area (Å²) in [5.41, 5.74) is 3.80. The molecule has 1 unspecified atom stereocenters. The third-order valence-electron chi connectivity index (χ3n) is 5.60. The van der Waals surface area contributed by atoms with E-state index >= 15 is 0 Å². The lowest BCUT2D eigenvalue weighted by molar-refractivity contribution is -0.885. The highest BCUT2D eigenvalue weighted by Crippen LogP contribution is 2.26. The van der Waals surface area contributed by atoms with Crippen molar-refractivity contribution in [1.29, 1.82) is 0 Å². The van der Waals surface area contributed by atoms with E-state index in [0.29, 0.717) is 37.6 Å². The summed E-state index contributed by atoms with van der Waals surface area (Å²) in [6, 6.07) is 13.9. The number of aryl methyl sites for hydroxylation is 3. The van der Waals surface area contributed by atoms with E-state index in [9.17, 15) is 13.2 Å². The Labute approximate surface area is 180 Å². The van der Waals surface area contributed by atoms with Crippen molar-refractivity contribution in [1.82, 2.24) is 9.21 Å². The minimum atomic E-state index is -3.56. The van der Waals surface area contributed by atoms with Crippen LogP contribution in [-0.4, -0.2) is 63.3 Å². The maximum atomic E-state index is 13.2. The van der Waals surface area contributed by atoms with Crippen LogP contribution in [0.2, 0.25) is 0 Å². The molecule has 1 N–H and O–H groups in total. The van der Waals surface area contributed by atoms with Gasteiger partial charge in [-0.2, -0.15) is 4.31 Å². The van der Waals surface area contributed by atoms with Crippen LogP contribution >= 0.6 is 0 Å². The average molecular weight is 431 g/mol. The van der Waals surface area contributed by atoms with E-state index < -0.39 is 10.0 Å². The van der Waals surface area contributed by atoms with Crippen molar-refractivity contribution >= 4 is 15.9 Å². The van der Waals surface area contributed by atoms with E-state index in [0.717, 1.165) is 28.1 Å². The number of nitrogens with zero attached hydrogens (tertiary/aromatic N) is 2. The Morgan fingerprint density at radius 1 is 0.967 bits per heavy atom. The maximum absolute atomic E-state index is 13.2. The molecular weight excluding hydrogens is 398 g/mol. The van der Waals surface area contributed by atoms with E-state index in [4.69, 9.17) is 0 Å². The molecule has 0 saturated carbocycles. The van der Waals surface area contributed by atoms with E-state index in [2.05, 4.69) is 12.1 Å². The molecule has 0 aliphatic carbocycles. The lowest BCUT2D eigenvalue weighted by Crippen LogP contribution is -3.09. The van der Waals surface area contributed by atoms with Crippen LogP contribution in [0.25, 0.3) is 0 Å². The van der Waals surface area contributed by atoms with Crippen LogP contribution in [0.4, 0.5) is 0 Å². The molecule has 2 aromatic rings. The lowest BCUT2D eigenvalue weighted by atomic mass is 10.1. The third-order valence-corrected chi connectivity index (χ3v) is 7.80. The van der Waals surface area contributed by atoms with Crippen LogP contribution in [-0.2, 0) is 21.4 Å². The highest BCUT2D eigenvalue weighted by molar-refractivity contribution is 7.89. The van der Waals surface area contributed by atoms with E-state index in [-0.39, 0.29) is 5.91 Å². The average Bonchev–Trinajstić information content (AvgIpc) is 2.67. The van der Waals surface area contributed by atoms with Gasteiger partial charge in [0.2, 0.25) is 10.0 Å². The topological polar surface area (TPSA) is 62.1 Å². The lowest BCUT2D eigenvalue weighted by Gasteiger charge is -2.34. The summed E-state index contributed by atoms with van der Waals surface area (Å²) in [6.07, 6.45) is 0. The smallest absolute Gasteiger partial charge is 0.277 e.